The van der Waals surface area contributed by atoms with E-state index >= 15 is 0 Å². The Kier molecular flexibility index (Phi) is 23.0. The maximum absolute atomic E-state index is 3.18. The molecule has 4 aliphatic rings. The molecule has 0 radical (unpaired) electrons. The van der Waals surface area contributed by atoms with Crippen LogP contribution in [0.5, 0.6) is 0 Å². The van der Waals surface area contributed by atoms with E-state index in [9.17, 15) is 0 Å². The average molecular weight is 869 g/mol. The van der Waals surface area contributed by atoms with Gasteiger partial charge in [0.1, 0.15) is 8.24 Å². The van der Waals surface area contributed by atoms with Crippen LogP contribution in [0, 0.1) is 11.8 Å². The topological polar surface area (TPSA) is 3.24 Å². The molecule has 0 aliphatic heterocycles. The first-order valence-corrected chi connectivity index (χ1v) is 31.5. The van der Waals surface area contributed by atoms with Gasteiger partial charge in [0.05, 0.1) is 0 Å². The van der Waals surface area contributed by atoms with Gasteiger partial charge in [0.25, 0.3) is 0 Å². The summed E-state index contributed by atoms with van der Waals surface area (Å²) in [4.78, 5) is 0. The van der Waals surface area contributed by atoms with Gasteiger partial charge in [-0.25, -0.2) is 0 Å². The lowest BCUT2D eigenvalue weighted by atomic mass is 9.68. The Labute approximate surface area is 389 Å². The van der Waals surface area contributed by atoms with Gasteiger partial charge in [-0.3, -0.25) is 0 Å². The van der Waals surface area contributed by atoms with Crippen molar-refractivity contribution in [3.05, 3.63) is 53.1 Å². The van der Waals surface area contributed by atoms with E-state index in [-0.39, 0.29) is 11.0 Å². The van der Waals surface area contributed by atoms with E-state index in [1.54, 1.807) is 22.3 Å². The highest BCUT2D eigenvalue weighted by molar-refractivity contribution is 6.76. The maximum Gasteiger partial charge on any atom is 0.126 e. The molecule has 3 atom stereocenters. The highest BCUT2D eigenvalue weighted by Gasteiger charge is 2.54. The van der Waals surface area contributed by atoms with Gasteiger partial charge in [-0.1, -0.05) is 269 Å². The first-order chi connectivity index (χ1) is 30.1. The average Bonchev–Trinajstić information content (AvgIpc) is 3.80. The highest BCUT2D eigenvalue weighted by Crippen LogP contribution is 2.62. The van der Waals surface area contributed by atoms with E-state index in [1.165, 1.54) is 238 Å². The van der Waals surface area contributed by atoms with E-state index in [0.29, 0.717) is 0 Å². The molecule has 0 saturated heterocycles. The van der Waals surface area contributed by atoms with Crippen LogP contribution >= 0.6 is 0 Å². The van der Waals surface area contributed by atoms with Crippen molar-refractivity contribution in [3.63, 3.8) is 0 Å². The molecule has 0 amide bonds. The lowest BCUT2D eigenvalue weighted by molar-refractivity contribution is 0.140. The van der Waals surface area contributed by atoms with Gasteiger partial charge in [0.2, 0.25) is 0 Å². The number of benzene rings is 1. The van der Waals surface area contributed by atoms with Gasteiger partial charge in [-0.05, 0) is 92.5 Å². The summed E-state index contributed by atoms with van der Waals surface area (Å²) in [7, 11) is -1.75. The summed E-state index contributed by atoms with van der Waals surface area (Å²) in [6, 6.07) is 10.7. The summed E-state index contributed by atoms with van der Waals surface area (Å²) in [5.74, 6) is 1.45. The molecule has 0 bridgehead atoms. The molecule has 0 heterocycles. The zero-order valence-corrected chi connectivity index (χ0v) is 43.9. The molecule has 2 heteroatoms. The molecule has 62 heavy (non-hydrogen) atoms. The zero-order chi connectivity index (χ0) is 44.1. The lowest BCUT2D eigenvalue weighted by Gasteiger charge is -2.55. The molecule has 1 aromatic carbocycles. The molecule has 5 rings (SSSR count). The van der Waals surface area contributed by atoms with Crippen LogP contribution in [0.4, 0.5) is 0 Å². The van der Waals surface area contributed by atoms with Crippen LogP contribution in [0.25, 0.3) is 5.57 Å². The number of fused-ring (bicyclic) bond motifs is 4. The second kappa shape index (κ2) is 27.5. The lowest BCUT2D eigenvalue weighted by Crippen LogP contribution is -2.64. The Bertz CT molecular complexity index is 1390. The zero-order valence-electron chi connectivity index (χ0n) is 42.9. The van der Waals surface area contributed by atoms with Crippen molar-refractivity contribution in [3.8, 4) is 0 Å². The van der Waals surface area contributed by atoms with Crippen LogP contribution in [0.15, 0.2) is 42.0 Å². The van der Waals surface area contributed by atoms with E-state index in [2.05, 4.69) is 88.7 Å². The highest BCUT2D eigenvalue weighted by atomic mass is 28.3. The molecule has 3 unspecified atom stereocenters. The van der Waals surface area contributed by atoms with Crippen LogP contribution in [0.1, 0.15) is 283 Å². The minimum atomic E-state index is -1.75. The first kappa shape index (κ1) is 51.9. The van der Waals surface area contributed by atoms with Crippen molar-refractivity contribution < 1.29 is 0 Å². The second-order valence-corrected chi connectivity index (χ2v) is 27.9. The van der Waals surface area contributed by atoms with Crippen LogP contribution in [0.2, 0.25) is 18.6 Å². The van der Waals surface area contributed by atoms with Gasteiger partial charge in [-0.2, -0.15) is 0 Å². The predicted octanol–water partition coefficient (Wildman–Crippen LogP) is 20.0. The van der Waals surface area contributed by atoms with Crippen molar-refractivity contribution in [2.45, 2.75) is 308 Å². The monoisotopic (exact) mass is 868 g/mol. The molecule has 0 aromatic heterocycles. The Morgan fingerprint density at radius 1 is 0.532 bits per heavy atom. The van der Waals surface area contributed by atoms with Gasteiger partial charge < -0.3 is 4.57 Å². The largest absolute Gasteiger partial charge is 0.316 e. The molecule has 354 valence electrons. The standard InChI is InChI=1S/C60H105NSi/c1-8-10-12-14-16-18-20-22-24-26-28-30-32-39-47-60(48-40-33-31-29-27-25-23-21-19-17-15-13-11-9-2)56-44-38-37-43-53(56)55-50-54-51(49-57(55)60)45-46-58(54)62(6,7)61(59(3,4)5)52-41-35-34-36-42-52/h37-38,43-44,49-52,54,58H,8-36,39-42,45-48H2,1-7H3. The number of unbranched alkanes of at least 4 members (excludes halogenated alkanes) is 26. The Hall–Kier alpha value is -1.12. The third-order valence-electron chi connectivity index (χ3n) is 17.2. The van der Waals surface area contributed by atoms with Crippen molar-refractivity contribution in [2.75, 3.05) is 0 Å². The number of rotatable bonds is 33. The fourth-order valence-corrected chi connectivity index (χ4v) is 19.6. The van der Waals surface area contributed by atoms with Crippen molar-refractivity contribution in [1.29, 1.82) is 0 Å². The number of hydrogen-bond acceptors (Lipinski definition) is 1. The maximum atomic E-state index is 3.18. The molecule has 0 spiro atoms. The Balaban J connectivity index is 1.21. The molecule has 1 nitrogen and oxygen atoms in total. The van der Waals surface area contributed by atoms with Crippen LogP contribution in [-0.4, -0.2) is 24.4 Å². The normalized spacial score (nSPS) is 21.3. The second-order valence-electron chi connectivity index (χ2n) is 23.4. The minimum Gasteiger partial charge on any atom is -0.316 e. The SMILES string of the molecule is CCCCCCCCCCCCCCCCC1(CCCCCCCCCCCCCCCC)C2=CC3CCC([Si](C)(C)N(C4CCCCC4)C(C)(C)C)C3C=C2c2ccccc21. The number of nitrogens with zero attached hydrogens (tertiary/aromatic N) is 1. The third kappa shape index (κ3) is 14.9. The summed E-state index contributed by atoms with van der Waals surface area (Å²) in [5.41, 5.74) is 8.14. The van der Waals surface area contributed by atoms with Crippen molar-refractivity contribution in [1.82, 2.24) is 4.57 Å². The first-order valence-electron chi connectivity index (χ1n) is 28.5. The molecular weight excluding hydrogens is 763 g/mol. The van der Waals surface area contributed by atoms with Crippen molar-refractivity contribution >= 4 is 13.8 Å². The van der Waals surface area contributed by atoms with Gasteiger partial charge >= 0.3 is 0 Å². The summed E-state index contributed by atoms with van der Waals surface area (Å²) < 4.78 is 3.18. The molecule has 0 N–H and O–H groups in total. The third-order valence-corrected chi connectivity index (χ3v) is 21.9. The molecule has 2 saturated carbocycles. The van der Waals surface area contributed by atoms with Crippen LogP contribution < -0.4 is 0 Å². The van der Waals surface area contributed by atoms with Gasteiger partial charge in [-0.15, -0.1) is 0 Å². The van der Waals surface area contributed by atoms with E-state index < -0.39 is 8.24 Å². The van der Waals surface area contributed by atoms with E-state index in [0.717, 1.165) is 23.4 Å². The molecule has 1 aromatic rings. The quantitative estimate of drug-likeness (QED) is 0.0503. The fourth-order valence-electron chi connectivity index (χ4n) is 14.1. The number of hydrogen-bond donors (Lipinski definition) is 0. The van der Waals surface area contributed by atoms with Crippen molar-refractivity contribution in [2.24, 2.45) is 11.8 Å². The molecule has 4 aliphatic carbocycles. The Morgan fingerprint density at radius 2 is 0.968 bits per heavy atom. The molecule has 2 fully saturated rings. The molecular formula is C60H105NSi. The smallest absolute Gasteiger partial charge is 0.126 e. The van der Waals surface area contributed by atoms with E-state index in [1.807, 2.05) is 0 Å². The van der Waals surface area contributed by atoms with Gasteiger partial charge in [0, 0.05) is 17.0 Å². The Morgan fingerprint density at radius 3 is 1.42 bits per heavy atom. The summed E-state index contributed by atoms with van der Waals surface area (Å²) in [5, 5.41) is 0. The van der Waals surface area contributed by atoms with Crippen LogP contribution in [0.3, 0.4) is 0 Å². The summed E-state index contributed by atoms with van der Waals surface area (Å²) in [6.45, 7) is 17.9. The fraction of sp³-hybridized carbons (Fsp3) is 0.833. The minimum absolute atomic E-state index is 0.228. The van der Waals surface area contributed by atoms with Crippen LogP contribution in [-0.2, 0) is 5.41 Å². The number of allylic oxidation sites excluding steroid dienone is 4. The predicted molar refractivity (Wildman–Crippen MR) is 280 cm³/mol. The summed E-state index contributed by atoms with van der Waals surface area (Å²) >= 11 is 0. The summed E-state index contributed by atoms with van der Waals surface area (Å²) in [6.07, 6.45) is 59.1. The van der Waals surface area contributed by atoms with E-state index in [4.69, 9.17) is 0 Å². The van der Waals surface area contributed by atoms with Gasteiger partial charge in [0.15, 0.2) is 0 Å².